The molecule has 0 bridgehead atoms. The van der Waals surface area contributed by atoms with E-state index in [0.717, 1.165) is 17.8 Å². The van der Waals surface area contributed by atoms with Crippen molar-refractivity contribution in [2.45, 2.75) is 6.54 Å². The highest BCUT2D eigenvalue weighted by Gasteiger charge is 2.31. The van der Waals surface area contributed by atoms with Crippen LogP contribution in [0.1, 0.15) is 5.56 Å². The molecule has 0 fully saturated rings. The van der Waals surface area contributed by atoms with Crippen molar-refractivity contribution >= 4 is 27.5 Å². The van der Waals surface area contributed by atoms with Gasteiger partial charge in [-0.25, -0.2) is 4.57 Å². The summed E-state index contributed by atoms with van der Waals surface area (Å²) in [5, 5.41) is 1.33. The quantitative estimate of drug-likeness (QED) is 0.394. The third kappa shape index (κ3) is 1.12. The van der Waals surface area contributed by atoms with Gasteiger partial charge in [0.05, 0.1) is 0 Å². The Morgan fingerprint density at radius 3 is 3.00 bits per heavy atom. The molecule has 4 heteroatoms. The van der Waals surface area contributed by atoms with E-state index in [1.54, 1.807) is 0 Å². The fourth-order valence-electron chi connectivity index (χ4n) is 2.86. The number of hydrogen-bond donors (Lipinski definition) is 0. The number of rotatable bonds is 0. The van der Waals surface area contributed by atoms with Gasteiger partial charge in [-0.2, -0.15) is 0 Å². The van der Waals surface area contributed by atoms with E-state index in [4.69, 9.17) is 4.98 Å². The zero-order valence-corrected chi connectivity index (χ0v) is 10.9. The molecule has 90 valence electrons. The van der Waals surface area contributed by atoms with Crippen LogP contribution in [-0.4, -0.2) is 9.38 Å². The Labute approximate surface area is 113 Å². The normalized spacial score (nSPS) is 13.1. The summed E-state index contributed by atoms with van der Waals surface area (Å²) in [7, 11) is 0. The van der Waals surface area contributed by atoms with Crippen molar-refractivity contribution in [3.8, 4) is 10.6 Å². The van der Waals surface area contributed by atoms with Gasteiger partial charge >= 0.3 is 5.65 Å². The van der Waals surface area contributed by atoms with Gasteiger partial charge in [-0.15, -0.1) is 0 Å². The topological polar surface area (TPSA) is 21.2 Å². The lowest BCUT2D eigenvalue weighted by atomic mass is 10.1. The zero-order valence-electron chi connectivity index (χ0n) is 10.1. The molecule has 3 nitrogen and oxygen atoms in total. The minimum atomic E-state index is 0.940. The first kappa shape index (κ1) is 9.69. The molecule has 1 aliphatic rings. The molecular formula is C15H10N3S+. The Morgan fingerprint density at radius 1 is 1.11 bits per heavy atom. The highest BCUT2D eigenvalue weighted by molar-refractivity contribution is 7.20. The van der Waals surface area contributed by atoms with E-state index in [-0.39, 0.29) is 0 Å². The summed E-state index contributed by atoms with van der Waals surface area (Å²) < 4.78 is 4.51. The Morgan fingerprint density at radius 2 is 2.00 bits per heavy atom. The predicted octanol–water partition coefficient (Wildman–Crippen LogP) is 2.87. The third-order valence-electron chi connectivity index (χ3n) is 3.74. The van der Waals surface area contributed by atoms with E-state index in [9.17, 15) is 0 Å². The second-order valence-corrected chi connectivity index (χ2v) is 5.80. The predicted molar refractivity (Wildman–Crippen MR) is 75.3 cm³/mol. The zero-order chi connectivity index (χ0) is 12.4. The van der Waals surface area contributed by atoms with E-state index in [1.165, 1.54) is 21.0 Å². The van der Waals surface area contributed by atoms with Crippen LogP contribution in [0.2, 0.25) is 0 Å². The first-order chi connectivity index (χ1) is 9.42. The number of fused-ring (bicyclic) bond motifs is 7. The standard InChI is InChI=1S/C15H10N3S/c1-2-6-11-10(5-1)9-18-13-15(19-14(11)18)17-8-4-3-7-12(17)16-13/h1-8H,9H2/q+1. The average molecular weight is 264 g/mol. The van der Waals surface area contributed by atoms with Crippen LogP contribution in [0.4, 0.5) is 0 Å². The minimum absolute atomic E-state index is 0.940. The van der Waals surface area contributed by atoms with Gasteiger partial charge in [-0.1, -0.05) is 35.6 Å². The van der Waals surface area contributed by atoms with Crippen LogP contribution in [0.3, 0.4) is 0 Å². The second-order valence-electron chi connectivity index (χ2n) is 4.82. The maximum atomic E-state index is 4.77. The Bertz CT molecular complexity index is 949. The van der Waals surface area contributed by atoms with Gasteiger partial charge in [0.1, 0.15) is 6.54 Å². The third-order valence-corrected chi connectivity index (χ3v) is 4.95. The van der Waals surface area contributed by atoms with E-state index in [2.05, 4.69) is 51.6 Å². The number of pyridine rings is 1. The van der Waals surface area contributed by atoms with Crippen molar-refractivity contribution in [3.63, 3.8) is 0 Å². The molecule has 0 amide bonds. The molecule has 1 aliphatic heterocycles. The monoisotopic (exact) mass is 264 g/mol. The van der Waals surface area contributed by atoms with E-state index in [1.807, 2.05) is 17.4 Å². The summed E-state index contributed by atoms with van der Waals surface area (Å²) >= 11 is 1.83. The lowest BCUT2D eigenvalue weighted by Crippen LogP contribution is -2.30. The van der Waals surface area contributed by atoms with Crippen LogP contribution in [-0.2, 0) is 6.54 Å². The molecule has 5 rings (SSSR count). The molecule has 0 spiro atoms. The fraction of sp³-hybridized carbons (Fsp3) is 0.0667. The van der Waals surface area contributed by atoms with Gasteiger partial charge in [-0.05, 0) is 17.1 Å². The molecule has 0 aliphatic carbocycles. The van der Waals surface area contributed by atoms with Crippen LogP contribution in [0.15, 0.2) is 48.7 Å². The highest BCUT2D eigenvalue weighted by Crippen LogP contribution is 2.35. The largest absolute Gasteiger partial charge is 0.362 e. The first-order valence-corrected chi connectivity index (χ1v) is 7.11. The Hall–Kier alpha value is -2.20. The average Bonchev–Trinajstić information content (AvgIpc) is 3.07. The van der Waals surface area contributed by atoms with Crippen molar-refractivity contribution in [1.82, 2.24) is 9.38 Å². The first-order valence-electron chi connectivity index (χ1n) is 6.29. The smallest absolute Gasteiger partial charge is 0.265 e. The fourth-order valence-corrected chi connectivity index (χ4v) is 4.11. The van der Waals surface area contributed by atoms with Crippen LogP contribution < -0.4 is 4.57 Å². The molecule has 0 saturated heterocycles. The van der Waals surface area contributed by atoms with Gasteiger partial charge in [0.25, 0.3) is 5.65 Å². The maximum absolute atomic E-state index is 4.77. The SMILES string of the molecule is c1ccc2c(c1)C[n+]1c-2sc2c1nc1ccccn12. The van der Waals surface area contributed by atoms with Gasteiger partial charge in [0.15, 0.2) is 5.01 Å². The van der Waals surface area contributed by atoms with Gasteiger partial charge in [0.2, 0.25) is 4.83 Å². The molecule has 4 heterocycles. The number of aromatic nitrogens is 3. The molecule has 1 aromatic carbocycles. The van der Waals surface area contributed by atoms with Gasteiger partial charge in [-0.3, -0.25) is 4.40 Å². The van der Waals surface area contributed by atoms with Gasteiger partial charge in [0, 0.05) is 23.4 Å². The molecule has 0 radical (unpaired) electrons. The minimum Gasteiger partial charge on any atom is -0.265 e. The number of benzene rings is 1. The van der Waals surface area contributed by atoms with Crippen LogP contribution >= 0.6 is 11.3 Å². The van der Waals surface area contributed by atoms with Crippen molar-refractivity contribution in [1.29, 1.82) is 0 Å². The number of imidazole rings is 1. The van der Waals surface area contributed by atoms with Crippen LogP contribution in [0, 0.1) is 0 Å². The molecule has 0 saturated carbocycles. The van der Waals surface area contributed by atoms with Crippen molar-refractivity contribution < 1.29 is 4.57 Å². The van der Waals surface area contributed by atoms with E-state index in [0.29, 0.717) is 0 Å². The Balaban J connectivity index is 1.93. The van der Waals surface area contributed by atoms with Crippen molar-refractivity contribution in [3.05, 3.63) is 54.2 Å². The molecule has 4 aromatic rings. The molecule has 19 heavy (non-hydrogen) atoms. The second kappa shape index (κ2) is 3.22. The lowest BCUT2D eigenvalue weighted by molar-refractivity contribution is -0.643. The highest BCUT2D eigenvalue weighted by atomic mass is 32.1. The summed E-state index contributed by atoms with van der Waals surface area (Å²) in [4.78, 5) is 6.00. The van der Waals surface area contributed by atoms with E-state index >= 15 is 0 Å². The van der Waals surface area contributed by atoms with Gasteiger partial charge < -0.3 is 0 Å². The molecule has 0 atom stereocenters. The Kier molecular flexibility index (Phi) is 1.64. The van der Waals surface area contributed by atoms with Crippen molar-refractivity contribution in [2.24, 2.45) is 0 Å². The summed E-state index contributed by atoms with van der Waals surface area (Å²) in [5.41, 5.74) is 4.88. The van der Waals surface area contributed by atoms with E-state index < -0.39 is 0 Å². The maximum Gasteiger partial charge on any atom is 0.362 e. The number of hydrogen-bond acceptors (Lipinski definition) is 2. The summed E-state index contributed by atoms with van der Waals surface area (Å²) in [6.07, 6.45) is 2.09. The van der Waals surface area contributed by atoms with Crippen molar-refractivity contribution in [2.75, 3.05) is 0 Å². The summed E-state index contributed by atoms with van der Waals surface area (Å²) in [5.74, 6) is 0. The lowest BCUT2D eigenvalue weighted by Gasteiger charge is -1.92. The molecule has 0 unspecified atom stereocenters. The molecule has 3 aromatic heterocycles. The number of thiazole rings is 1. The number of nitrogens with zero attached hydrogens (tertiary/aromatic N) is 3. The molecular weight excluding hydrogens is 254 g/mol. The summed E-state index contributed by atoms with van der Waals surface area (Å²) in [6, 6.07) is 14.8. The van der Waals surface area contributed by atoms with Crippen LogP contribution in [0.5, 0.6) is 0 Å². The molecule has 0 N–H and O–H groups in total. The summed E-state index contributed by atoms with van der Waals surface area (Å²) in [6.45, 7) is 0.940. The van der Waals surface area contributed by atoms with Crippen LogP contribution in [0.25, 0.3) is 26.7 Å².